The smallest absolute Gasteiger partial charge is 0.242 e. The van der Waals surface area contributed by atoms with Crippen LogP contribution in [-0.4, -0.2) is 55.2 Å². The molecule has 1 aliphatic carbocycles. The first-order valence-electron chi connectivity index (χ1n) is 6.40. The summed E-state index contributed by atoms with van der Waals surface area (Å²) < 4.78 is 5.19. The van der Waals surface area contributed by atoms with E-state index in [0.29, 0.717) is 38.3 Å². The second-order valence-electron chi connectivity index (χ2n) is 5.41. The maximum absolute atomic E-state index is 11.9. The van der Waals surface area contributed by atoms with Gasteiger partial charge in [-0.1, -0.05) is 0 Å². The average molecular weight is 241 g/mol. The molecule has 2 fully saturated rings. The Labute approximate surface area is 103 Å². The summed E-state index contributed by atoms with van der Waals surface area (Å²) >= 11 is 0. The van der Waals surface area contributed by atoms with Crippen molar-refractivity contribution in [3.05, 3.63) is 0 Å². The predicted octanol–water partition coefficient (Wildman–Crippen LogP) is -0.297. The van der Waals surface area contributed by atoms with Crippen LogP contribution in [0.1, 0.15) is 26.2 Å². The van der Waals surface area contributed by atoms with Crippen LogP contribution in [0, 0.1) is 0 Å². The molecule has 0 aromatic heterocycles. The van der Waals surface area contributed by atoms with Crippen molar-refractivity contribution in [1.82, 2.24) is 10.2 Å². The molecule has 3 N–H and O–H groups in total. The lowest BCUT2D eigenvalue weighted by Crippen LogP contribution is -2.56. The predicted molar refractivity (Wildman–Crippen MR) is 65.6 cm³/mol. The normalized spacial score (nSPS) is 30.6. The molecule has 1 heterocycles. The minimum Gasteiger partial charge on any atom is -0.379 e. The van der Waals surface area contributed by atoms with Crippen LogP contribution >= 0.6 is 0 Å². The molecular formula is C12H23N3O2. The van der Waals surface area contributed by atoms with Gasteiger partial charge in [0.05, 0.1) is 6.61 Å². The Morgan fingerprint density at radius 2 is 2.35 bits per heavy atom. The highest BCUT2D eigenvalue weighted by molar-refractivity contribution is 5.86. The Kier molecular flexibility index (Phi) is 3.70. The molecule has 1 saturated carbocycles. The third-order valence-electron chi connectivity index (χ3n) is 3.88. The number of carbonyl (C=O) groups is 1. The van der Waals surface area contributed by atoms with E-state index in [-0.39, 0.29) is 5.91 Å². The molecule has 0 radical (unpaired) electrons. The lowest BCUT2D eigenvalue weighted by Gasteiger charge is -2.27. The first-order valence-corrected chi connectivity index (χ1v) is 6.40. The van der Waals surface area contributed by atoms with Gasteiger partial charge >= 0.3 is 0 Å². The summed E-state index contributed by atoms with van der Waals surface area (Å²) in [4.78, 5) is 14.3. The number of nitrogens with zero attached hydrogens (tertiary/aromatic N) is 1. The molecule has 17 heavy (non-hydrogen) atoms. The lowest BCUT2D eigenvalue weighted by atomic mass is 9.99. The quantitative estimate of drug-likeness (QED) is 0.693. The highest BCUT2D eigenvalue weighted by Crippen LogP contribution is 2.26. The van der Waals surface area contributed by atoms with Crippen LogP contribution in [0.15, 0.2) is 0 Å². The fourth-order valence-corrected chi connectivity index (χ4v) is 2.16. The van der Waals surface area contributed by atoms with Crippen LogP contribution in [-0.2, 0) is 9.53 Å². The summed E-state index contributed by atoms with van der Waals surface area (Å²) in [5.41, 5.74) is 5.18. The van der Waals surface area contributed by atoms with Crippen molar-refractivity contribution >= 4 is 5.91 Å². The van der Waals surface area contributed by atoms with Gasteiger partial charge in [0.25, 0.3) is 0 Å². The average Bonchev–Trinajstić information content (AvgIpc) is 3.07. The first-order chi connectivity index (χ1) is 8.03. The maximum Gasteiger partial charge on any atom is 0.242 e. The van der Waals surface area contributed by atoms with Gasteiger partial charge in [-0.05, 0) is 33.2 Å². The fraction of sp³-hybridized carbons (Fsp3) is 0.917. The van der Waals surface area contributed by atoms with Gasteiger partial charge in [-0.3, -0.25) is 9.69 Å². The van der Waals surface area contributed by atoms with Crippen LogP contribution in [0.5, 0.6) is 0 Å². The Hall–Kier alpha value is -0.650. The van der Waals surface area contributed by atoms with Gasteiger partial charge in [0, 0.05) is 25.2 Å². The van der Waals surface area contributed by atoms with E-state index in [9.17, 15) is 4.79 Å². The summed E-state index contributed by atoms with van der Waals surface area (Å²) in [5.74, 6) is -0.0777. The summed E-state index contributed by atoms with van der Waals surface area (Å²) in [6.07, 6.45) is 3.18. The molecule has 1 saturated heterocycles. The third-order valence-corrected chi connectivity index (χ3v) is 3.88. The van der Waals surface area contributed by atoms with Crippen LogP contribution in [0.3, 0.4) is 0 Å². The van der Waals surface area contributed by atoms with E-state index in [1.54, 1.807) is 0 Å². The monoisotopic (exact) mass is 241 g/mol. The zero-order valence-electron chi connectivity index (χ0n) is 10.7. The highest BCUT2D eigenvalue weighted by atomic mass is 16.5. The molecule has 2 rings (SSSR count). The molecule has 1 aliphatic heterocycles. The molecule has 2 atom stereocenters. The van der Waals surface area contributed by atoms with E-state index in [2.05, 4.69) is 24.2 Å². The number of nitrogens with one attached hydrogen (secondary N) is 1. The summed E-state index contributed by atoms with van der Waals surface area (Å²) in [5, 5.41) is 2.94. The van der Waals surface area contributed by atoms with Gasteiger partial charge < -0.3 is 15.8 Å². The van der Waals surface area contributed by atoms with Crippen molar-refractivity contribution in [2.75, 3.05) is 26.8 Å². The number of amides is 1. The van der Waals surface area contributed by atoms with Crippen LogP contribution in [0.4, 0.5) is 0 Å². The minimum atomic E-state index is -0.808. The number of nitrogens with two attached hydrogens (primary N) is 1. The molecular weight excluding hydrogens is 218 g/mol. The van der Waals surface area contributed by atoms with E-state index in [4.69, 9.17) is 10.5 Å². The van der Waals surface area contributed by atoms with E-state index in [0.717, 1.165) is 0 Å². The summed E-state index contributed by atoms with van der Waals surface area (Å²) in [7, 11) is 2.12. The Bertz CT molecular complexity index is 285. The van der Waals surface area contributed by atoms with Gasteiger partial charge in [0.2, 0.25) is 5.91 Å². The molecule has 5 nitrogen and oxygen atoms in total. The van der Waals surface area contributed by atoms with E-state index in [1.165, 1.54) is 12.8 Å². The number of likely N-dealkylation sites (N-methyl/N-ethyl adjacent to an activating group) is 1. The number of carbonyl (C=O) groups excluding carboxylic acids is 1. The molecule has 0 bridgehead atoms. The molecule has 1 amide bonds. The zero-order chi connectivity index (χ0) is 12.5. The van der Waals surface area contributed by atoms with E-state index < -0.39 is 5.54 Å². The highest BCUT2D eigenvalue weighted by Gasteiger charge is 2.38. The molecule has 2 aliphatic rings. The summed E-state index contributed by atoms with van der Waals surface area (Å²) in [6, 6.07) is 1.07. The first kappa shape index (κ1) is 12.8. The van der Waals surface area contributed by atoms with Crippen molar-refractivity contribution in [3.8, 4) is 0 Å². The fourth-order valence-electron chi connectivity index (χ4n) is 2.16. The number of hydrogen-bond acceptors (Lipinski definition) is 4. The van der Waals surface area contributed by atoms with Crippen LogP contribution < -0.4 is 11.1 Å². The van der Waals surface area contributed by atoms with Crippen molar-refractivity contribution < 1.29 is 9.53 Å². The van der Waals surface area contributed by atoms with Gasteiger partial charge in [0.1, 0.15) is 5.54 Å². The van der Waals surface area contributed by atoms with Crippen molar-refractivity contribution in [2.24, 2.45) is 5.73 Å². The largest absolute Gasteiger partial charge is 0.379 e. The Balaban J connectivity index is 1.75. The molecule has 2 unspecified atom stereocenters. The molecule has 0 aromatic carbocycles. The van der Waals surface area contributed by atoms with Gasteiger partial charge in [-0.25, -0.2) is 0 Å². The molecule has 0 spiro atoms. The number of hydrogen-bond donors (Lipinski definition) is 2. The van der Waals surface area contributed by atoms with Gasteiger partial charge in [-0.15, -0.1) is 0 Å². The lowest BCUT2D eigenvalue weighted by molar-refractivity contribution is -0.126. The second-order valence-corrected chi connectivity index (χ2v) is 5.41. The van der Waals surface area contributed by atoms with Gasteiger partial charge in [-0.2, -0.15) is 0 Å². The van der Waals surface area contributed by atoms with Crippen molar-refractivity contribution in [1.29, 1.82) is 0 Å². The zero-order valence-corrected chi connectivity index (χ0v) is 10.7. The molecule has 98 valence electrons. The number of rotatable bonds is 5. The topological polar surface area (TPSA) is 67.6 Å². The number of ether oxygens (including phenoxy) is 1. The SMILES string of the molecule is CC(CNC(=O)C1(N)CCOC1)N(C)C1CC1. The third kappa shape index (κ3) is 2.97. The van der Waals surface area contributed by atoms with E-state index >= 15 is 0 Å². The summed E-state index contributed by atoms with van der Waals surface area (Å²) in [6.45, 7) is 3.71. The maximum atomic E-state index is 11.9. The van der Waals surface area contributed by atoms with Crippen LogP contribution in [0.2, 0.25) is 0 Å². The Morgan fingerprint density at radius 3 is 2.88 bits per heavy atom. The van der Waals surface area contributed by atoms with Crippen molar-refractivity contribution in [2.45, 2.75) is 43.8 Å². The minimum absolute atomic E-state index is 0.0777. The molecule has 0 aromatic rings. The Morgan fingerprint density at radius 1 is 1.65 bits per heavy atom. The standard InChI is InChI=1S/C12H23N3O2/c1-9(15(2)10-3-4-10)7-14-11(16)12(13)5-6-17-8-12/h9-10H,3-8,13H2,1-2H3,(H,14,16). The van der Waals surface area contributed by atoms with Crippen molar-refractivity contribution in [3.63, 3.8) is 0 Å². The van der Waals surface area contributed by atoms with Crippen LogP contribution in [0.25, 0.3) is 0 Å². The second kappa shape index (κ2) is 4.92. The van der Waals surface area contributed by atoms with Gasteiger partial charge in [0.15, 0.2) is 0 Å². The molecule has 5 heteroatoms. The van der Waals surface area contributed by atoms with E-state index in [1.807, 2.05) is 0 Å².